The summed E-state index contributed by atoms with van der Waals surface area (Å²) >= 11 is 1.13. The molecule has 144 valence electrons. The van der Waals surface area contributed by atoms with Crippen LogP contribution in [0.3, 0.4) is 0 Å². The predicted octanol–water partition coefficient (Wildman–Crippen LogP) is 4.41. The van der Waals surface area contributed by atoms with Crippen LogP contribution < -0.4 is 11.1 Å². The quantitative estimate of drug-likeness (QED) is 0.612. The van der Waals surface area contributed by atoms with E-state index >= 15 is 0 Å². The van der Waals surface area contributed by atoms with Crippen molar-refractivity contribution < 1.29 is 4.79 Å². The molecule has 0 fully saturated rings. The van der Waals surface area contributed by atoms with Crippen molar-refractivity contribution in [3.63, 3.8) is 0 Å². The number of anilines is 2. The van der Waals surface area contributed by atoms with Crippen LogP contribution in [-0.4, -0.2) is 16.6 Å². The van der Waals surface area contributed by atoms with Crippen LogP contribution >= 0.6 is 11.8 Å². The molecule has 29 heavy (non-hydrogen) atoms. The van der Waals surface area contributed by atoms with E-state index in [0.29, 0.717) is 21.8 Å². The van der Waals surface area contributed by atoms with E-state index in [2.05, 4.69) is 16.4 Å². The van der Waals surface area contributed by atoms with Crippen molar-refractivity contribution in [3.8, 4) is 12.1 Å². The lowest BCUT2D eigenvalue weighted by Gasteiger charge is -2.15. The van der Waals surface area contributed by atoms with Gasteiger partial charge in [0.05, 0.1) is 16.9 Å². The zero-order valence-corrected chi connectivity index (χ0v) is 16.9. The molecular formula is C22H19N5OS. The van der Waals surface area contributed by atoms with Gasteiger partial charge in [0.1, 0.15) is 23.0 Å². The normalized spacial score (nSPS) is 10.5. The molecular weight excluding hydrogens is 382 g/mol. The molecule has 0 bridgehead atoms. The topological polar surface area (TPSA) is 116 Å². The molecule has 0 unspecified atom stereocenters. The summed E-state index contributed by atoms with van der Waals surface area (Å²) in [6, 6.07) is 17.8. The van der Waals surface area contributed by atoms with Gasteiger partial charge in [0.25, 0.3) is 0 Å². The van der Waals surface area contributed by atoms with Crippen molar-refractivity contribution >= 4 is 39.9 Å². The van der Waals surface area contributed by atoms with Gasteiger partial charge in [-0.1, -0.05) is 55.9 Å². The number of thioether (sulfide) groups is 1. The number of benzene rings is 2. The van der Waals surface area contributed by atoms with Crippen molar-refractivity contribution in [2.75, 3.05) is 16.8 Å². The molecule has 3 N–H and O–H groups in total. The van der Waals surface area contributed by atoms with Gasteiger partial charge in [0.2, 0.25) is 5.91 Å². The van der Waals surface area contributed by atoms with E-state index < -0.39 is 0 Å². The summed E-state index contributed by atoms with van der Waals surface area (Å²) in [5.41, 5.74) is 7.71. The van der Waals surface area contributed by atoms with E-state index in [4.69, 9.17) is 5.73 Å². The van der Waals surface area contributed by atoms with Crippen molar-refractivity contribution in [1.82, 2.24) is 4.98 Å². The largest absolute Gasteiger partial charge is 0.383 e. The van der Waals surface area contributed by atoms with Crippen LogP contribution in [0.2, 0.25) is 0 Å². The van der Waals surface area contributed by atoms with E-state index in [1.54, 1.807) is 0 Å². The minimum absolute atomic E-state index is 0.0668. The van der Waals surface area contributed by atoms with Crippen LogP contribution in [0, 0.1) is 22.7 Å². The van der Waals surface area contributed by atoms with Gasteiger partial charge in [-0.2, -0.15) is 10.5 Å². The Labute approximate surface area is 173 Å². The zero-order valence-electron chi connectivity index (χ0n) is 16.1. The third kappa shape index (κ3) is 4.31. The molecule has 0 saturated carbocycles. The first-order valence-electron chi connectivity index (χ1n) is 8.99. The number of carbonyl (C=O) groups is 1. The van der Waals surface area contributed by atoms with Crippen molar-refractivity contribution in [2.24, 2.45) is 0 Å². The van der Waals surface area contributed by atoms with Gasteiger partial charge >= 0.3 is 0 Å². The lowest BCUT2D eigenvalue weighted by atomic mass is 9.94. The monoisotopic (exact) mass is 401 g/mol. The van der Waals surface area contributed by atoms with Gasteiger partial charge in [-0.3, -0.25) is 4.79 Å². The van der Waals surface area contributed by atoms with Crippen LogP contribution in [0.15, 0.2) is 47.5 Å². The number of carbonyl (C=O) groups excluding carboxylic acids is 1. The molecule has 0 aliphatic rings. The predicted molar refractivity (Wildman–Crippen MR) is 115 cm³/mol. The molecule has 3 rings (SSSR count). The van der Waals surface area contributed by atoms with E-state index in [1.165, 1.54) is 0 Å². The summed E-state index contributed by atoms with van der Waals surface area (Å²) in [5.74, 6) is -0.148. The number of pyridine rings is 1. The number of nitriles is 2. The molecule has 2 aromatic carbocycles. The molecule has 0 spiro atoms. The van der Waals surface area contributed by atoms with Gasteiger partial charge < -0.3 is 11.1 Å². The Morgan fingerprint density at radius 2 is 1.83 bits per heavy atom. The average Bonchev–Trinajstić information content (AvgIpc) is 2.71. The summed E-state index contributed by atoms with van der Waals surface area (Å²) < 4.78 is 0. The number of nitrogens with one attached hydrogen (secondary N) is 1. The lowest BCUT2D eigenvalue weighted by molar-refractivity contribution is -0.113. The number of aromatic nitrogens is 1. The van der Waals surface area contributed by atoms with Crippen LogP contribution in [-0.2, 0) is 4.79 Å². The highest BCUT2D eigenvalue weighted by atomic mass is 32.2. The zero-order chi connectivity index (χ0) is 21.0. The fourth-order valence-electron chi connectivity index (χ4n) is 3.10. The minimum atomic E-state index is -0.218. The highest BCUT2D eigenvalue weighted by Gasteiger charge is 2.21. The lowest BCUT2D eigenvalue weighted by Crippen LogP contribution is -2.15. The van der Waals surface area contributed by atoms with Crippen molar-refractivity contribution in [2.45, 2.75) is 24.8 Å². The standard InChI is InChI=1S/C22H19N5OS/c1-13(2)20-17(10-23)21(25)27-22(18(20)11-24)29-12-19(28)26-16-8-7-14-5-3-4-6-15(14)9-16/h3-9,13H,12H2,1-2H3,(H2,25,27)(H,26,28). The van der Waals surface area contributed by atoms with Gasteiger partial charge in [-0.25, -0.2) is 4.98 Å². The number of nitrogen functional groups attached to an aromatic ring is 1. The maximum absolute atomic E-state index is 12.4. The maximum Gasteiger partial charge on any atom is 0.234 e. The average molecular weight is 401 g/mol. The Balaban J connectivity index is 1.79. The summed E-state index contributed by atoms with van der Waals surface area (Å²) in [4.78, 5) is 16.6. The molecule has 6 nitrogen and oxygen atoms in total. The van der Waals surface area contributed by atoms with Crippen LogP contribution in [0.25, 0.3) is 10.8 Å². The molecule has 7 heteroatoms. The summed E-state index contributed by atoms with van der Waals surface area (Å²) in [5, 5.41) is 24.3. The SMILES string of the molecule is CC(C)c1c(C#N)c(N)nc(SCC(=O)Nc2ccc3ccccc3c2)c1C#N. The van der Waals surface area contributed by atoms with Gasteiger partial charge in [0, 0.05) is 5.69 Å². The maximum atomic E-state index is 12.4. The number of nitrogens with two attached hydrogens (primary N) is 1. The van der Waals surface area contributed by atoms with E-state index in [-0.39, 0.29) is 29.0 Å². The molecule has 1 heterocycles. The second-order valence-corrected chi connectivity index (χ2v) is 7.71. The van der Waals surface area contributed by atoms with Crippen molar-refractivity contribution in [1.29, 1.82) is 10.5 Å². The Morgan fingerprint density at radius 1 is 1.14 bits per heavy atom. The molecule has 0 saturated heterocycles. The van der Waals surface area contributed by atoms with Gasteiger partial charge in [0.15, 0.2) is 0 Å². The molecule has 1 aromatic heterocycles. The first kappa shape index (κ1) is 20.2. The second kappa shape index (κ2) is 8.64. The van der Waals surface area contributed by atoms with Gasteiger partial charge in [-0.05, 0) is 34.4 Å². The van der Waals surface area contributed by atoms with E-state index in [1.807, 2.05) is 62.4 Å². The smallest absolute Gasteiger partial charge is 0.234 e. The number of rotatable bonds is 5. The molecule has 0 aliphatic heterocycles. The van der Waals surface area contributed by atoms with Crippen LogP contribution in [0.4, 0.5) is 11.5 Å². The Kier molecular flexibility index (Phi) is 6.01. The van der Waals surface area contributed by atoms with Crippen LogP contribution in [0.1, 0.15) is 36.5 Å². The second-order valence-electron chi connectivity index (χ2n) is 6.74. The fraction of sp³-hybridized carbons (Fsp3) is 0.182. The van der Waals surface area contributed by atoms with Gasteiger partial charge in [-0.15, -0.1) is 0 Å². The van der Waals surface area contributed by atoms with Crippen LogP contribution in [0.5, 0.6) is 0 Å². The summed E-state index contributed by atoms with van der Waals surface area (Å²) in [6.45, 7) is 3.77. The van der Waals surface area contributed by atoms with Crippen molar-refractivity contribution in [3.05, 3.63) is 59.2 Å². The Morgan fingerprint density at radius 3 is 2.48 bits per heavy atom. The number of nitrogens with zero attached hydrogens (tertiary/aromatic N) is 3. The third-order valence-corrected chi connectivity index (χ3v) is 5.38. The first-order valence-corrected chi connectivity index (χ1v) is 9.98. The Hall–Kier alpha value is -3.55. The highest BCUT2D eigenvalue weighted by Crippen LogP contribution is 2.33. The highest BCUT2D eigenvalue weighted by molar-refractivity contribution is 8.00. The minimum Gasteiger partial charge on any atom is -0.383 e. The third-order valence-electron chi connectivity index (χ3n) is 4.40. The summed E-state index contributed by atoms with van der Waals surface area (Å²) in [7, 11) is 0. The molecule has 3 aromatic rings. The number of fused-ring (bicyclic) bond motifs is 1. The molecule has 1 amide bonds. The molecule has 0 atom stereocenters. The Bertz CT molecular complexity index is 1170. The number of hydrogen-bond acceptors (Lipinski definition) is 6. The molecule has 0 aliphatic carbocycles. The van der Waals surface area contributed by atoms with E-state index in [9.17, 15) is 15.3 Å². The summed E-state index contributed by atoms with van der Waals surface area (Å²) in [6.07, 6.45) is 0. The number of amides is 1. The molecule has 0 radical (unpaired) electrons. The number of hydrogen-bond donors (Lipinski definition) is 2. The fourth-order valence-corrected chi connectivity index (χ4v) is 3.91. The first-order chi connectivity index (χ1) is 13.9. The van der Waals surface area contributed by atoms with E-state index in [0.717, 1.165) is 22.5 Å².